The predicted molar refractivity (Wildman–Crippen MR) is 82.1 cm³/mol. The van der Waals surface area contributed by atoms with Gasteiger partial charge in [0, 0.05) is 6.54 Å². The fourth-order valence-electron chi connectivity index (χ4n) is 2.56. The number of likely N-dealkylation sites (tertiary alicyclic amines) is 1. The van der Waals surface area contributed by atoms with Gasteiger partial charge in [0.15, 0.2) is 0 Å². The predicted octanol–water partition coefficient (Wildman–Crippen LogP) is 1.90. The molecule has 112 valence electrons. The van der Waals surface area contributed by atoms with Gasteiger partial charge in [0.05, 0.1) is 5.75 Å². The Morgan fingerprint density at radius 3 is 2.60 bits per heavy atom. The Morgan fingerprint density at radius 2 is 1.90 bits per heavy atom. The van der Waals surface area contributed by atoms with Crippen molar-refractivity contribution in [2.45, 2.75) is 31.9 Å². The molecular weight excluding hydrogens is 272 g/mol. The van der Waals surface area contributed by atoms with Gasteiger partial charge in [-0.05, 0) is 56.9 Å². The molecule has 0 saturated carbocycles. The summed E-state index contributed by atoms with van der Waals surface area (Å²) in [4.78, 5) is 2.40. The first-order valence-corrected chi connectivity index (χ1v) is 8.96. The molecule has 1 fully saturated rings. The normalized spacial score (nSPS) is 16.6. The zero-order chi connectivity index (χ0) is 14.4. The van der Waals surface area contributed by atoms with E-state index in [1.54, 1.807) is 0 Å². The van der Waals surface area contributed by atoms with Crippen molar-refractivity contribution in [1.29, 1.82) is 0 Å². The molecule has 4 nitrogen and oxygen atoms in total. The lowest BCUT2D eigenvalue weighted by atomic mass is 10.1. The summed E-state index contributed by atoms with van der Waals surface area (Å²) in [7, 11) is -3.22. The highest BCUT2D eigenvalue weighted by molar-refractivity contribution is 7.88. The van der Waals surface area contributed by atoms with Crippen molar-refractivity contribution in [1.82, 2.24) is 9.62 Å². The zero-order valence-electron chi connectivity index (χ0n) is 12.1. The molecule has 0 unspecified atom stereocenters. The molecule has 5 heteroatoms. The molecule has 2 rings (SSSR count). The van der Waals surface area contributed by atoms with Crippen LogP contribution in [0.3, 0.4) is 0 Å². The van der Waals surface area contributed by atoms with Crippen molar-refractivity contribution < 1.29 is 8.42 Å². The van der Waals surface area contributed by atoms with Gasteiger partial charge in [-0.25, -0.2) is 13.1 Å². The molecule has 20 heavy (non-hydrogen) atoms. The summed E-state index contributed by atoms with van der Waals surface area (Å²) in [6.45, 7) is 5.79. The lowest BCUT2D eigenvalue weighted by Gasteiger charge is -2.14. The third-order valence-corrected chi connectivity index (χ3v) is 5.11. The molecule has 1 heterocycles. The third-order valence-electron chi connectivity index (χ3n) is 3.78. The van der Waals surface area contributed by atoms with Crippen molar-refractivity contribution in [3.8, 4) is 0 Å². The molecular formula is C15H24N2O2S. The average molecular weight is 296 g/mol. The van der Waals surface area contributed by atoms with Crippen LogP contribution in [0.5, 0.6) is 0 Å². The van der Waals surface area contributed by atoms with Crippen molar-refractivity contribution in [3.63, 3.8) is 0 Å². The number of sulfonamides is 1. The standard InChI is InChI=1S/C15H24N2O2S/c1-14-7-2-3-8-15(14)13-20(18,19)16-9-6-12-17-10-4-5-11-17/h2-3,7-8,16H,4-6,9-13H2,1H3. The molecule has 0 bridgehead atoms. The first-order valence-electron chi connectivity index (χ1n) is 7.31. The highest BCUT2D eigenvalue weighted by atomic mass is 32.2. The van der Waals surface area contributed by atoms with Crippen LogP contribution in [0.2, 0.25) is 0 Å². The Balaban J connectivity index is 1.75. The average Bonchev–Trinajstić information content (AvgIpc) is 2.90. The molecule has 0 radical (unpaired) electrons. The summed E-state index contributed by atoms with van der Waals surface area (Å²) in [5, 5.41) is 0. The Kier molecular flexibility index (Phi) is 5.57. The maximum Gasteiger partial charge on any atom is 0.215 e. The zero-order valence-corrected chi connectivity index (χ0v) is 13.0. The van der Waals surface area contributed by atoms with Crippen LogP contribution >= 0.6 is 0 Å². The van der Waals surface area contributed by atoms with Gasteiger partial charge in [-0.2, -0.15) is 0 Å². The number of hydrogen-bond donors (Lipinski definition) is 1. The van der Waals surface area contributed by atoms with Crippen molar-refractivity contribution >= 4 is 10.0 Å². The minimum absolute atomic E-state index is 0.0728. The number of nitrogens with zero attached hydrogens (tertiary/aromatic N) is 1. The number of hydrogen-bond acceptors (Lipinski definition) is 3. The highest BCUT2D eigenvalue weighted by Crippen LogP contribution is 2.11. The van der Waals surface area contributed by atoms with E-state index >= 15 is 0 Å². The first kappa shape index (κ1) is 15.5. The maximum atomic E-state index is 12.0. The van der Waals surface area contributed by atoms with Gasteiger partial charge in [-0.15, -0.1) is 0 Å². The molecule has 0 amide bonds. The van der Waals surface area contributed by atoms with E-state index in [2.05, 4.69) is 9.62 Å². The largest absolute Gasteiger partial charge is 0.303 e. The Bertz CT molecular complexity index is 522. The molecule has 1 N–H and O–H groups in total. The molecule has 0 aromatic heterocycles. The fourth-order valence-corrected chi connectivity index (χ4v) is 3.86. The van der Waals surface area contributed by atoms with E-state index in [9.17, 15) is 8.42 Å². The molecule has 0 atom stereocenters. The van der Waals surface area contributed by atoms with Gasteiger partial charge >= 0.3 is 0 Å². The van der Waals surface area contributed by atoms with Gasteiger partial charge in [0.1, 0.15) is 0 Å². The van der Waals surface area contributed by atoms with E-state index in [0.717, 1.165) is 37.2 Å². The van der Waals surface area contributed by atoms with Gasteiger partial charge in [-0.1, -0.05) is 24.3 Å². The molecule has 1 aromatic rings. The van der Waals surface area contributed by atoms with Crippen LogP contribution in [0.15, 0.2) is 24.3 Å². The fraction of sp³-hybridized carbons (Fsp3) is 0.600. The van der Waals surface area contributed by atoms with E-state index in [1.165, 1.54) is 12.8 Å². The minimum atomic E-state index is -3.22. The van der Waals surface area contributed by atoms with Crippen LogP contribution in [0.25, 0.3) is 0 Å². The monoisotopic (exact) mass is 296 g/mol. The lowest BCUT2D eigenvalue weighted by molar-refractivity contribution is 0.334. The summed E-state index contributed by atoms with van der Waals surface area (Å²) < 4.78 is 26.8. The summed E-state index contributed by atoms with van der Waals surface area (Å²) in [5.41, 5.74) is 1.90. The summed E-state index contributed by atoms with van der Waals surface area (Å²) in [6.07, 6.45) is 3.44. The minimum Gasteiger partial charge on any atom is -0.303 e. The number of benzene rings is 1. The lowest BCUT2D eigenvalue weighted by Crippen LogP contribution is -2.29. The number of aryl methyl sites for hydroxylation is 1. The Morgan fingerprint density at radius 1 is 1.20 bits per heavy atom. The van der Waals surface area contributed by atoms with E-state index in [0.29, 0.717) is 6.54 Å². The van der Waals surface area contributed by atoms with Crippen molar-refractivity contribution in [3.05, 3.63) is 35.4 Å². The van der Waals surface area contributed by atoms with Crippen LogP contribution in [0.4, 0.5) is 0 Å². The SMILES string of the molecule is Cc1ccccc1CS(=O)(=O)NCCCN1CCCC1. The first-order chi connectivity index (χ1) is 9.57. The van der Waals surface area contributed by atoms with Crippen molar-refractivity contribution in [2.75, 3.05) is 26.2 Å². The van der Waals surface area contributed by atoms with E-state index in [-0.39, 0.29) is 5.75 Å². The number of nitrogens with one attached hydrogen (secondary N) is 1. The molecule has 0 aliphatic carbocycles. The molecule has 1 aliphatic heterocycles. The summed E-state index contributed by atoms with van der Waals surface area (Å²) in [6, 6.07) is 7.62. The summed E-state index contributed by atoms with van der Waals surface area (Å²) in [5.74, 6) is 0.0728. The highest BCUT2D eigenvalue weighted by Gasteiger charge is 2.14. The molecule has 1 saturated heterocycles. The van der Waals surface area contributed by atoms with E-state index in [4.69, 9.17) is 0 Å². The van der Waals surface area contributed by atoms with Gasteiger partial charge in [0.25, 0.3) is 0 Å². The van der Waals surface area contributed by atoms with Crippen LogP contribution in [-0.4, -0.2) is 39.5 Å². The topological polar surface area (TPSA) is 49.4 Å². The quantitative estimate of drug-likeness (QED) is 0.782. The van der Waals surface area contributed by atoms with Crippen LogP contribution in [0, 0.1) is 6.92 Å². The van der Waals surface area contributed by atoms with Gasteiger partial charge < -0.3 is 4.90 Å². The second kappa shape index (κ2) is 7.20. The molecule has 1 aliphatic rings. The second-order valence-corrected chi connectivity index (χ2v) is 7.29. The maximum absolute atomic E-state index is 12.0. The Hall–Kier alpha value is -0.910. The molecule has 1 aromatic carbocycles. The Labute approximate surface area is 122 Å². The smallest absolute Gasteiger partial charge is 0.215 e. The second-order valence-electron chi connectivity index (χ2n) is 5.48. The van der Waals surface area contributed by atoms with Crippen LogP contribution < -0.4 is 4.72 Å². The van der Waals surface area contributed by atoms with Gasteiger partial charge in [-0.3, -0.25) is 0 Å². The van der Waals surface area contributed by atoms with Crippen molar-refractivity contribution in [2.24, 2.45) is 0 Å². The van der Waals surface area contributed by atoms with Crippen LogP contribution in [0.1, 0.15) is 30.4 Å². The number of rotatable bonds is 7. The van der Waals surface area contributed by atoms with Gasteiger partial charge in [0.2, 0.25) is 10.0 Å². The third kappa shape index (κ3) is 4.89. The molecule has 0 spiro atoms. The van der Waals surface area contributed by atoms with E-state index in [1.807, 2.05) is 31.2 Å². The van der Waals surface area contributed by atoms with Crippen LogP contribution in [-0.2, 0) is 15.8 Å². The summed E-state index contributed by atoms with van der Waals surface area (Å²) >= 11 is 0. The van der Waals surface area contributed by atoms with E-state index < -0.39 is 10.0 Å².